The average Bonchev–Trinajstić information content (AvgIpc) is 3.17. The van der Waals surface area contributed by atoms with Crippen LogP contribution < -0.4 is 10.1 Å². The lowest BCUT2D eigenvalue weighted by molar-refractivity contribution is 0.0773. The first kappa shape index (κ1) is 22.1. The summed E-state index contributed by atoms with van der Waals surface area (Å²) in [6.45, 7) is 7.18. The molecule has 0 spiro atoms. The van der Waals surface area contributed by atoms with Crippen molar-refractivity contribution in [2.24, 2.45) is 0 Å². The highest BCUT2D eigenvalue weighted by molar-refractivity contribution is 5.96. The van der Waals surface area contributed by atoms with Gasteiger partial charge in [-0.25, -0.2) is 9.48 Å². The highest BCUT2D eigenvalue weighted by atomic mass is 16.6. The predicted octanol–water partition coefficient (Wildman–Crippen LogP) is 4.92. The maximum atomic E-state index is 12.6. The van der Waals surface area contributed by atoms with Crippen LogP contribution in [0.5, 0.6) is 5.75 Å². The highest BCUT2D eigenvalue weighted by Crippen LogP contribution is 2.24. The number of benzene rings is 2. The van der Waals surface area contributed by atoms with E-state index in [0.29, 0.717) is 36.5 Å². The number of para-hydroxylation sites is 1. The molecule has 1 aromatic heterocycles. The van der Waals surface area contributed by atoms with Gasteiger partial charge in [-0.15, -0.1) is 0 Å². The Hall–Kier alpha value is -3.61. The molecule has 0 aliphatic heterocycles. The molecule has 0 atom stereocenters. The van der Waals surface area contributed by atoms with Gasteiger partial charge < -0.3 is 9.64 Å². The van der Waals surface area contributed by atoms with E-state index in [9.17, 15) is 9.59 Å². The molecule has 0 aliphatic rings. The van der Waals surface area contributed by atoms with Crippen molar-refractivity contribution in [3.05, 3.63) is 72.1 Å². The van der Waals surface area contributed by atoms with Crippen LogP contribution in [0.2, 0.25) is 0 Å². The van der Waals surface area contributed by atoms with E-state index >= 15 is 0 Å². The Bertz CT molecular complexity index is 1030. The van der Waals surface area contributed by atoms with Crippen LogP contribution in [-0.4, -0.2) is 39.8 Å². The number of ether oxygens (including phenoxy) is 1. The number of nitrogens with one attached hydrogen (secondary N) is 1. The summed E-state index contributed by atoms with van der Waals surface area (Å²) < 4.78 is 7.35. The van der Waals surface area contributed by atoms with Crippen LogP contribution in [0.4, 0.5) is 10.5 Å². The number of carbonyl (C=O) groups is 2. The third-order valence-corrected chi connectivity index (χ3v) is 4.93. The van der Waals surface area contributed by atoms with Crippen molar-refractivity contribution >= 4 is 17.7 Å². The number of nitrogens with zero attached hydrogens (tertiary/aromatic N) is 3. The molecule has 7 nitrogen and oxygen atoms in total. The first-order valence-electron chi connectivity index (χ1n) is 10.6. The minimum absolute atomic E-state index is 0.0728. The van der Waals surface area contributed by atoms with Crippen molar-refractivity contribution in [3.8, 4) is 11.4 Å². The molecule has 0 saturated carbocycles. The monoisotopic (exact) mass is 420 g/mol. The number of anilines is 1. The van der Waals surface area contributed by atoms with E-state index in [4.69, 9.17) is 4.74 Å². The van der Waals surface area contributed by atoms with Gasteiger partial charge in [-0.05, 0) is 50.6 Å². The number of hydrogen-bond acceptors (Lipinski definition) is 4. The molecular formula is C24H28N4O3. The molecule has 162 valence electrons. The van der Waals surface area contributed by atoms with Crippen molar-refractivity contribution in [3.63, 3.8) is 0 Å². The van der Waals surface area contributed by atoms with Crippen molar-refractivity contribution in [2.75, 3.05) is 18.4 Å². The third-order valence-electron chi connectivity index (χ3n) is 4.93. The van der Waals surface area contributed by atoms with E-state index in [-0.39, 0.29) is 5.91 Å². The molecule has 0 unspecified atom stereocenters. The van der Waals surface area contributed by atoms with Crippen LogP contribution in [0.3, 0.4) is 0 Å². The third kappa shape index (κ3) is 5.31. The summed E-state index contributed by atoms with van der Waals surface area (Å²) in [6, 6.07) is 16.6. The topological polar surface area (TPSA) is 76.5 Å². The number of carbonyl (C=O) groups excluding carboxylic acids is 2. The maximum absolute atomic E-state index is 12.6. The van der Waals surface area contributed by atoms with Crippen molar-refractivity contribution in [1.29, 1.82) is 0 Å². The smallest absolute Gasteiger partial charge is 0.406 e. The minimum atomic E-state index is -0.627. The summed E-state index contributed by atoms with van der Waals surface area (Å²) in [5, 5.41) is 7.11. The lowest BCUT2D eigenvalue weighted by Crippen LogP contribution is -2.30. The molecule has 0 saturated heterocycles. The minimum Gasteiger partial charge on any atom is -0.406 e. The van der Waals surface area contributed by atoms with Gasteiger partial charge in [-0.1, -0.05) is 37.6 Å². The Morgan fingerprint density at radius 1 is 1.03 bits per heavy atom. The Morgan fingerprint density at radius 2 is 1.77 bits per heavy atom. The van der Waals surface area contributed by atoms with Gasteiger partial charge in [0.2, 0.25) is 0 Å². The summed E-state index contributed by atoms with van der Waals surface area (Å²) >= 11 is 0. The summed E-state index contributed by atoms with van der Waals surface area (Å²) in [7, 11) is 0. The van der Waals surface area contributed by atoms with Crippen LogP contribution in [0.1, 0.15) is 43.2 Å². The number of rotatable bonds is 8. The Balaban J connectivity index is 1.75. The quantitative estimate of drug-likeness (QED) is 0.561. The molecule has 31 heavy (non-hydrogen) atoms. The first-order chi connectivity index (χ1) is 15.1. The van der Waals surface area contributed by atoms with Gasteiger partial charge in [-0.3, -0.25) is 10.1 Å². The molecule has 1 heterocycles. The standard InChI is InChI=1S/C24H28N4O3/c1-4-11-21-22(17-25-28(21)20-14-8-7-9-15-20)31-24(30)26-19-13-10-12-18(16-19)23(29)27(5-2)6-3/h7-10,12-17H,4-6,11H2,1-3H3,(H,26,30). The molecular weight excluding hydrogens is 392 g/mol. The van der Waals surface area contributed by atoms with Crippen molar-refractivity contribution < 1.29 is 14.3 Å². The SMILES string of the molecule is CCCc1c(OC(=O)Nc2cccc(C(=O)N(CC)CC)c2)cnn1-c1ccccc1. The van der Waals surface area contributed by atoms with E-state index < -0.39 is 6.09 Å². The molecule has 7 heteroatoms. The fourth-order valence-corrected chi connectivity index (χ4v) is 3.37. The molecule has 0 radical (unpaired) electrons. The van der Waals surface area contributed by atoms with Crippen LogP contribution in [0, 0.1) is 0 Å². The highest BCUT2D eigenvalue weighted by Gasteiger charge is 2.17. The molecule has 0 bridgehead atoms. The van der Waals surface area contributed by atoms with Gasteiger partial charge in [-0.2, -0.15) is 5.10 Å². The Morgan fingerprint density at radius 3 is 2.45 bits per heavy atom. The lowest BCUT2D eigenvalue weighted by Gasteiger charge is -2.19. The average molecular weight is 421 g/mol. The van der Waals surface area contributed by atoms with Gasteiger partial charge in [0.15, 0.2) is 5.75 Å². The molecule has 0 fully saturated rings. The number of amides is 2. The molecule has 1 N–H and O–H groups in total. The van der Waals surface area contributed by atoms with Gasteiger partial charge >= 0.3 is 6.09 Å². The van der Waals surface area contributed by atoms with E-state index in [2.05, 4.69) is 17.3 Å². The summed E-state index contributed by atoms with van der Waals surface area (Å²) in [6.07, 6.45) is 2.52. The predicted molar refractivity (Wildman–Crippen MR) is 121 cm³/mol. The van der Waals surface area contributed by atoms with Crippen LogP contribution >= 0.6 is 0 Å². The first-order valence-corrected chi connectivity index (χ1v) is 10.6. The van der Waals surface area contributed by atoms with Crippen LogP contribution in [-0.2, 0) is 6.42 Å². The van der Waals surface area contributed by atoms with E-state index in [0.717, 1.165) is 17.8 Å². The number of hydrogen-bond donors (Lipinski definition) is 1. The normalized spacial score (nSPS) is 10.5. The fraction of sp³-hybridized carbons (Fsp3) is 0.292. The molecule has 3 aromatic rings. The zero-order valence-corrected chi connectivity index (χ0v) is 18.2. The van der Waals surface area contributed by atoms with Gasteiger partial charge in [0.25, 0.3) is 5.91 Å². The Kier molecular flexibility index (Phi) is 7.43. The largest absolute Gasteiger partial charge is 0.417 e. The molecule has 3 rings (SSSR count). The van der Waals surface area contributed by atoms with E-state index in [1.54, 1.807) is 40.0 Å². The second-order valence-electron chi connectivity index (χ2n) is 7.03. The van der Waals surface area contributed by atoms with Crippen LogP contribution in [0.25, 0.3) is 5.69 Å². The summed E-state index contributed by atoms with van der Waals surface area (Å²) in [5.41, 5.74) is 2.75. The van der Waals surface area contributed by atoms with Gasteiger partial charge in [0.05, 0.1) is 17.6 Å². The Labute approximate surface area is 182 Å². The van der Waals surface area contributed by atoms with Gasteiger partial charge in [0.1, 0.15) is 0 Å². The number of aromatic nitrogens is 2. The lowest BCUT2D eigenvalue weighted by atomic mass is 10.1. The van der Waals surface area contributed by atoms with E-state index in [1.807, 2.05) is 44.2 Å². The molecule has 2 amide bonds. The van der Waals surface area contributed by atoms with Crippen LogP contribution in [0.15, 0.2) is 60.8 Å². The second-order valence-corrected chi connectivity index (χ2v) is 7.03. The van der Waals surface area contributed by atoms with Gasteiger partial charge in [0, 0.05) is 24.3 Å². The fourth-order valence-electron chi connectivity index (χ4n) is 3.37. The van der Waals surface area contributed by atoms with E-state index in [1.165, 1.54) is 0 Å². The zero-order valence-electron chi connectivity index (χ0n) is 18.2. The van der Waals surface area contributed by atoms with Crippen molar-refractivity contribution in [2.45, 2.75) is 33.6 Å². The zero-order chi connectivity index (χ0) is 22.2. The molecule has 0 aliphatic carbocycles. The summed E-state index contributed by atoms with van der Waals surface area (Å²) in [5.74, 6) is 0.343. The maximum Gasteiger partial charge on any atom is 0.417 e. The molecule has 2 aromatic carbocycles. The summed E-state index contributed by atoms with van der Waals surface area (Å²) in [4.78, 5) is 26.8. The second kappa shape index (κ2) is 10.4. The van der Waals surface area contributed by atoms with Crippen molar-refractivity contribution in [1.82, 2.24) is 14.7 Å².